The van der Waals surface area contributed by atoms with Gasteiger partial charge in [-0.3, -0.25) is 4.90 Å². The molecule has 1 aliphatic carbocycles. The van der Waals surface area contributed by atoms with E-state index >= 15 is 0 Å². The number of carbonyl (C=O) groups is 1. The van der Waals surface area contributed by atoms with E-state index in [0.717, 1.165) is 18.4 Å². The third-order valence-electron chi connectivity index (χ3n) is 3.92. The lowest BCUT2D eigenvalue weighted by molar-refractivity contribution is 0.0473. The summed E-state index contributed by atoms with van der Waals surface area (Å²) < 4.78 is 4.92. The number of hydrogen-bond acceptors (Lipinski definition) is 3. The fourth-order valence-electron chi connectivity index (χ4n) is 3.06. The molecule has 1 aromatic heterocycles. The van der Waals surface area contributed by atoms with Gasteiger partial charge in [0.05, 0.1) is 19.2 Å². The van der Waals surface area contributed by atoms with Crippen LogP contribution in [0, 0.1) is 5.92 Å². The fraction of sp³-hybridized carbons (Fsp3) is 0.429. The van der Waals surface area contributed by atoms with E-state index in [1.165, 1.54) is 7.11 Å². The molecular formula is C14H15ClN2O2. The monoisotopic (exact) mass is 278 g/mol. The van der Waals surface area contributed by atoms with Gasteiger partial charge >= 0.3 is 6.09 Å². The number of nitrogens with zero attached hydrogens (tertiary/aromatic N) is 2. The molecule has 1 aromatic rings. The highest BCUT2D eigenvalue weighted by Crippen LogP contribution is 2.43. The second-order valence-electron chi connectivity index (χ2n) is 4.93. The lowest BCUT2D eigenvalue weighted by Crippen LogP contribution is -2.50. The molecule has 2 bridgehead atoms. The molecule has 2 aliphatic heterocycles. The maximum atomic E-state index is 12.0. The van der Waals surface area contributed by atoms with Crippen molar-refractivity contribution in [1.29, 1.82) is 0 Å². The Morgan fingerprint density at radius 1 is 1.42 bits per heavy atom. The molecule has 0 saturated carbocycles. The Hall–Kier alpha value is -1.55. The molecule has 5 heteroatoms. The third kappa shape index (κ3) is 2.10. The van der Waals surface area contributed by atoms with E-state index in [1.807, 2.05) is 11.0 Å². The van der Waals surface area contributed by atoms with Crippen LogP contribution in [0.15, 0.2) is 30.5 Å². The van der Waals surface area contributed by atoms with Crippen LogP contribution in [0.5, 0.6) is 0 Å². The van der Waals surface area contributed by atoms with Gasteiger partial charge in [0.15, 0.2) is 0 Å². The highest BCUT2D eigenvalue weighted by molar-refractivity contribution is 6.29. The van der Waals surface area contributed by atoms with Crippen molar-refractivity contribution in [2.75, 3.05) is 7.11 Å². The van der Waals surface area contributed by atoms with Gasteiger partial charge in [-0.2, -0.15) is 0 Å². The molecular weight excluding hydrogens is 264 g/mol. The first-order chi connectivity index (χ1) is 9.20. The fourth-order valence-corrected chi connectivity index (χ4v) is 3.17. The number of ether oxygens (including phenoxy) is 1. The average Bonchev–Trinajstić information content (AvgIpc) is 2.47. The summed E-state index contributed by atoms with van der Waals surface area (Å²) in [5.41, 5.74) is 1.01. The molecule has 0 radical (unpaired) electrons. The maximum Gasteiger partial charge on any atom is 0.410 e. The number of piperidine rings is 1. The van der Waals surface area contributed by atoms with Gasteiger partial charge in [-0.05, 0) is 24.5 Å². The Balaban J connectivity index is 1.99. The van der Waals surface area contributed by atoms with Gasteiger partial charge in [-0.15, -0.1) is 0 Å². The Kier molecular flexibility index (Phi) is 3.19. The molecule has 1 saturated heterocycles. The second-order valence-corrected chi connectivity index (χ2v) is 5.32. The van der Waals surface area contributed by atoms with Crippen molar-refractivity contribution >= 4 is 17.7 Å². The molecule has 19 heavy (non-hydrogen) atoms. The number of hydrogen-bond donors (Lipinski definition) is 0. The number of fused-ring (bicyclic) bond motifs is 2. The molecule has 0 N–H and O–H groups in total. The van der Waals surface area contributed by atoms with Crippen molar-refractivity contribution in [1.82, 2.24) is 9.88 Å². The minimum absolute atomic E-state index is 0.000895. The largest absolute Gasteiger partial charge is 0.453 e. The van der Waals surface area contributed by atoms with E-state index in [0.29, 0.717) is 11.1 Å². The maximum absolute atomic E-state index is 12.0. The Labute approximate surface area is 117 Å². The van der Waals surface area contributed by atoms with E-state index < -0.39 is 0 Å². The van der Waals surface area contributed by atoms with Gasteiger partial charge in [0.25, 0.3) is 0 Å². The topological polar surface area (TPSA) is 42.4 Å². The van der Waals surface area contributed by atoms with E-state index in [1.54, 1.807) is 12.3 Å². The van der Waals surface area contributed by atoms with Crippen molar-refractivity contribution in [3.63, 3.8) is 0 Å². The molecule has 0 unspecified atom stereocenters. The average molecular weight is 279 g/mol. The van der Waals surface area contributed by atoms with Crippen LogP contribution in [0.1, 0.15) is 24.4 Å². The van der Waals surface area contributed by atoms with Gasteiger partial charge in [0.1, 0.15) is 5.15 Å². The predicted molar refractivity (Wildman–Crippen MR) is 71.9 cm³/mol. The Morgan fingerprint density at radius 2 is 2.26 bits per heavy atom. The first-order valence-corrected chi connectivity index (χ1v) is 6.74. The number of carbonyl (C=O) groups excluding carboxylic acids is 1. The normalized spacial score (nSPS) is 28.5. The van der Waals surface area contributed by atoms with Gasteiger partial charge in [-0.25, -0.2) is 9.78 Å². The Morgan fingerprint density at radius 3 is 2.84 bits per heavy atom. The summed E-state index contributed by atoms with van der Waals surface area (Å²) in [6.45, 7) is 0. The van der Waals surface area contributed by atoms with E-state index in [2.05, 4.69) is 17.1 Å². The molecule has 4 nitrogen and oxygen atoms in total. The van der Waals surface area contributed by atoms with E-state index in [-0.39, 0.29) is 18.2 Å². The zero-order chi connectivity index (χ0) is 13.4. The summed E-state index contributed by atoms with van der Waals surface area (Å²) in [5, 5.41) is 0.463. The number of aromatic nitrogens is 1. The molecule has 3 atom stereocenters. The third-order valence-corrected chi connectivity index (χ3v) is 4.14. The number of methoxy groups -OCH3 is 1. The van der Waals surface area contributed by atoms with Crippen molar-refractivity contribution in [3.05, 3.63) is 41.2 Å². The molecule has 3 heterocycles. The summed E-state index contributed by atoms with van der Waals surface area (Å²) in [4.78, 5) is 18.0. The molecule has 3 aliphatic rings. The van der Waals surface area contributed by atoms with Crippen LogP contribution in [0.2, 0.25) is 5.15 Å². The van der Waals surface area contributed by atoms with E-state index in [9.17, 15) is 4.79 Å². The van der Waals surface area contributed by atoms with Gasteiger partial charge in [-0.1, -0.05) is 29.8 Å². The standard InChI is InChI=1S/C14H15ClN2O2/c1-19-14(18)17-11-5-2-9(3-6-11)13(17)10-4-7-12(15)16-8-10/h2,4-5,7-9,11,13H,3,6H2,1H3/t9-,11+,13+/m1/s1. The lowest BCUT2D eigenvalue weighted by atomic mass is 9.77. The first-order valence-electron chi connectivity index (χ1n) is 6.37. The van der Waals surface area contributed by atoms with Crippen LogP contribution < -0.4 is 0 Å². The summed E-state index contributed by atoms with van der Waals surface area (Å²) >= 11 is 5.83. The Bertz CT molecular complexity index is 515. The molecule has 4 rings (SSSR count). The second kappa shape index (κ2) is 4.85. The minimum atomic E-state index is -0.279. The van der Waals surface area contributed by atoms with Crippen LogP contribution in [-0.4, -0.2) is 29.1 Å². The van der Waals surface area contributed by atoms with E-state index in [4.69, 9.17) is 16.3 Å². The van der Waals surface area contributed by atoms with Crippen molar-refractivity contribution in [3.8, 4) is 0 Å². The number of rotatable bonds is 1. The van der Waals surface area contributed by atoms with Crippen molar-refractivity contribution < 1.29 is 9.53 Å². The van der Waals surface area contributed by atoms with Crippen LogP contribution >= 0.6 is 11.6 Å². The summed E-state index contributed by atoms with van der Waals surface area (Å²) in [6, 6.07) is 3.82. The summed E-state index contributed by atoms with van der Waals surface area (Å²) in [5.74, 6) is 0.326. The van der Waals surface area contributed by atoms with Crippen molar-refractivity contribution in [2.24, 2.45) is 5.92 Å². The summed E-state index contributed by atoms with van der Waals surface area (Å²) in [6.07, 6.45) is 7.85. The zero-order valence-electron chi connectivity index (χ0n) is 10.6. The molecule has 0 spiro atoms. The highest BCUT2D eigenvalue weighted by atomic mass is 35.5. The van der Waals surface area contributed by atoms with Crippen LogP contribution in [0.4, 0.5) is 4.79 Å². The lowest BCUT2D eigenvalue weighted by Gasteiger charge is -2.47. The number of halogens is 1. The SMILES string of the molecule is COC(=O)N1[C@H](c2ccc(Cl)nc2)[C@@H]2C=C[C@H]1CC2. The predicted octanol–water partition coefficient (Wildman–Crippen LogP) is 3.19. The van der Waals surface area contributed by atoms with Crippen LogP contribution in [0.25, 0.3) is 0 Å². The summed E-state index contributed by atoms with van der Waals surface area (Å²) in [7, 11) is 1.42. The van der Waals surface area contributed by atoms with Crippen LogP contribution in [0.3, 0.4) is 0 Å². The van der Waals surface area contributed by atoms with Crippen LogP contribution in [-0.2, 0) is 4.74 Å². The molecule has 1 amide bonds. The first kappa shape index (κ1) is 12.5. The van der Waals surface area contributed by atoms with Gasteiger partial charge in [0, 0.05) is 12.1 Å². The van der Waals surface area contributed by atoms with Crippen molar-refractivity contribution in [2.45, 2.75) is 24.9 Å². The number of pyridine rings is 1. The molecule has 0 aromatic carbocycles. The highest BCUT2D eigenvalue weighted by Gasteiger charge is 2.42. The zero-order valence-corrected chi connectivity index (χ0v) is 11.4. The number of amides is 1. The van der Waals surface area contributed by atoms with Gasteiger partial charge in [0.2, 0.25) is 0 Å². The van der Waals surface area contributed by atoms with Gasteiger partial charge < -0.3 is 4.74 Å². The minimum Gasteiger partial charge on any atom is -0.453 e. The quantitative estimate of drug-likeness (QED) is 0.585. The molecule has 1 fully saturated rings. The molecule has 100 valence electrons. The smallest absolute Gasteiger partial charge is 0.410 e.